The molecular weight excluding hydrogens is 340 g/mol. The number of aryl methyl sites for hydroxylation is 2. The highest BCUT2D eigenvalue weighted by molar-refractivity contribution is 7.89. The summed E-state index contributed by atoms with van der Waals surface area (Å²) in [4.78, 5) is 3.26. The maximum absolute atomic E-state index is 12.9. The second-order valence-corrected chi connectivity index (χ2v) is 7.61. The fraction of sp³-hybridized carbons (Fsp3) is 0.294. The highest BCUT2D eigenvalue weighted by Gasteiger charge is 2.27. The van der Waals surface area contributed by atoms with Crippen LogP contribution in [0.4, 0.5) is 0 Å². The third-order valence-corrected chi connectivity index (χ3v) is 5.82. The molecule has 0 unspecified atom stereocenters. The van der Waals surface area contributed by atoms with Crippen molar-refractivity contribution >= 4 is 10.0 Å². The van der Waals surface area contributed by atoms with Crippen molar-refractivity contribution in [3.63, 3.8) is 0 Å². The predicted molar refractivity (Wildman–Crippen MR) is 93.5 cm³/mol. The molecule has 0 spiro atoms. The minimum atomic E-state index is -3.72. The maximum atomic E-state index is 12.9. The predicted octanol–water partition coefficient (Wildman–Crippen LogP) is 3.03. The van der Waals surface area contributed by atoms with Gasteiger partial charge in [0.2, 0.25) is 15.9 Å². The molecular formula is C17H20N4O3S. The molecule has 2 aromatic heterocycles. The van der Waals surface area contributed by atoms with Gasteiger partial charge < -0.3 is 9.40 Å². The summed E-state index contributed by atoms with van der Waals surface area (Å²) in [6.07, 6.45) is 0. The van der Waals surface area contributed by atoms with Gasteiger partial charge >= 0.3 is 0 Å². The van der Waals surface area contributed by atoms with Crippen LogP contribution in [0.25, 0.3) is 11.6 Å². The van der Waals surface area contributed by atoms with Crippen molar-refractivity contribution in [2.75, 3.05) is 0 Å². The van der Waals surface area contributed by atoms with Crippen molar-refractivity contribution in [3.05, 3.63) is 53.0 Å². The third kappa shape index (κ3) is 3.35. The van der Waals surface area contributed by atoms with Crippen molar-refractivity contribution < 1.29 is 12.8 Å². The standard InChI is InChI=1S/C17H20N4O3S/c1-10-15(17-20-19-13(4)24-17)18-12(3)16(10)25(22,23)21-11(2)14-8-6-5-7-9-14/h5-9,11,18,21H,1-4H3/t11-/m1/s1. The Morgan fingerprint density at radius 2 is 1.80 bits per heavy atom. The van der Waals surface area contributed by atoms with Gasteiger partial charge in [-0.25, -0.2) is 13.1 Å². The van der Waals surface area contributed by atoms with E-state index >= 15 is 0 Å². The summed E-state index contributed by atoms with van der Waals surface area (Å²) in [5.74, 6) is 0.692. The molecule has 0 aliphatic heterocycles. The van der Waals surface area contributed by atoms with E-state index in [4.69, 9.17) is 4.42 Å². The lowest BCUT2D eigenvalue weighted by Crippen LogP contribution is -2.27. The first-order valence-electron chi connectivity index (χ1n) is 7.86. The Morgan fingerprint density at radius 1 is 1.12 bits per heavy atom. The van der Waals surface area contributed by atoms with E-state index in [2.05, 4.69) is 19.9 Å². The summed E-state index contributed by atoms with van der Waals surface area (Å²) in [5.41, 5.74) is 2.49. The van der Waals surface area contributed by atoms with Crippen molar-refractivity contribution in [1.82, 2.24) is 19.9 Å². The second-order valence-electron chi connectivity index (χ2n) is 5.96. The number of aromatic nitrogens is 3. The number of hydrogen-bond acceptors (Lipinski definition) is 5. The Kier molecular flexibility index (Phi) is 4.49. The fourth-order valence-corrected chi connectivity index (χ4v) is 4.53. The smallest absolute Gasteiger partial charge is 0.264 e. The normalized spacial score (nSPS) is 13.1. The van der Waals surface area contributed by atoms with Crippen LogP contribution in [-0.2, 0) is 10.0 Å². The number of hydrogen-bond donors (Lipinski definition) is 2. The molecule has 3 aromatic rings. The summed E-state index contributed by atoms with van der Waals surface area (Å²) in [7, 11) is -3.72. The van der Waals surface area contributed by atoms with Gasteiger partial charge in [-0.1, -0.05) is 30.3 Å². The zero-order valence-electron chi connectivity index (χ0n) is 14.5. The van der Waals surface area contributed by atoms with E-state index < -0.39 is 10.0 Å². The summed E-state index contributed by atoms with van der Waals surface area (Å²) in [6.45, 7) is 6.93. The zero-order chi connectivity index (χ0) is 18.2. The Balaban J connectivity index is 1.96. The Morgan fingerprint density at radius 3 is 2.40 bits per heavy atom. The van der Waals surface area contributed by atoms with Crippen molar-refractivity contribution in [2.24, 2.45) is 0 Å². The Hall–Kier alpha value is -2.45. The molecule has 0 saturated carbocycles. The molecule has 132 valence electrons. The quantitative estimate of drug-likeness (QED) is 0.728. The van der Waals surface area contributed by atoms with Gasteiger partial charge in [0.15, 0.2) is 0 Å². The van der Waals surface area contributed by atoms with Gasteiger partial charge in [0.1, 0.15) is 10.6 Å². The maximum Gasteiger partial charge on any atom is 0.264 e. The van der Waals surface area contributed by atoms with Gasteiger partial charge in [-0.3, -0.25) is 0 Å². The van der Waals surface area contributed by atoms with Gasteiger partial charge in [0.25, 0.3) is 5.89 Å². The monoisotopic (exact) mass is 360 g/mol. The van der Waals surface area contributed by atoms with Crippen molar-refractivity contribution in [3.8, 4) is 11.6 Å². The van der Waals surface area contributed by atoms with Gasteiger partial charge in [-0.2, -0.15) is 0 Å². The van der Waals surface area contributed by atoms with E-state index in [0.717, 1.165) is 5.56 Å². The van der Waals surface area contributed by atoms with Gasteiger partial charge in [-0.05, 0) is 31.9 Å². The SMILES string of the molecule is Cc1nnc(-c2[nH]c(C)c(S(=O)(=O)N[C@H](C)c3ccccc3)c2C)o1. The first-order chi connectivity index (χ1) is 11.8. The molecule has 8 heteroatoms. The van der Waals surface area contributed by atoms with Crippen LogP contribution in [0.1, 0.15) is 35.7 Å². The molecule has 3 rings (SSSR count). The minimum absolute atomic E-state index is 0.209. The van der Waals surface area contributed by atoms with Crippen molar-refractivity contribution in [1.29, 1.82) is 0 Å². The average molecular weight is 360 g/mol. The number of benzene rings is 1. The highest BCUT2D eigenvalue weighted by atomic mass is 32.2. The number of sulfonamides is 1. The van der Waals surface area contributed by atoms with Gasteiger partial charge in [0.05, 0.1) is 0 Å². The van der Waals surface area contributed by atoms with Crippen LogP contribution < -0.4 is 4.72 Å². The Bertz CT molecular complexity index is 990. The van der Waals surface area contributed by atoms with Crippen LogP contribution in [-0.4, -0.2) is 23.6 Å². The molecule has 1 atom stereocenters. The average Bonchev–Trinajstić information content (AvgIpc) is 3.11. The number of aromatic amines is 1. The number of rotatable bonds is 5. The van der Waals surface area contributed by atoms with Gasteiger partial charge in [-0.15, -0.1) is 10.2 Å². The van der Waals surface area contributed by atoms with Crippen LogP contribution in [0.3, 0.4) is 0 Å². The lowest BCUT2D eigenvalue weighted by Gasteiger charge is -2.15. The third-order valence-electron chi connectivity index (χ3n) is 4.01. The topological polar surface area (TPSA) is 101 Å². The van der Waals surface area contributed by atoms with Gasteiger partial charge in [0, 0.05) is 18.7 Å². The Labute approximate surface area is 146 Å². The first-order valence-corrected chi connectivity index (χ1v) is 9.35. The molecule has 0 aliphatic rings. The molecule has 25 heavy (non-hydrogen) atoms. The van der Waals surface area contributed by atoms with Crippen LogP contribution in [0.15, 0.2) is 39.6 Å². The van der Waals surface area contributed by atoms with E-state index in [9.17, 15) is 8.42 Å². The fourth-order valence-electron chi connectivity index (χ4n) is 2.85. The molecule has 7 nitrogen and oxygen atoms in total. The molecule has 1 aromatic carbocycles. The minimum Gasteiger partial charge on any atom is -0.420 e. The summed E-state index contributed by atoms with van der Waals surface area (Å²) < 4.78 is 34.0. The molecule has 0 fully saturated rings. The van der Waals surface area contributed by atoms with Crippen molar-refractivity contribution in [2.45, 2.75) is 38.6 Å². The van der Waals surface area contributed by atoms with E-state index in [-0.39, 0.29) is 16.8 Å². The first kappa shape index (κ1) is 17.4. The number of nitrogens with one attached hydrogen (secondary N) is 2. The number of nitrogens with zero attached hydrogens (tertiary/aromatic N) is 2. The van der Waals surface area contributed by atoms with Crippen LogP contribution in [0.2, 0.25) is 0 Å². The highest BCUT2D eigenvalue weighted by Crippen LogP contribution is 2.30. The molecule has 0 bridgehead atoms. The van der Waals surface area contributed by atoms with E-state index in [1.165, 1.54) is 0 Å². The van der Waals surface area contributed by atoms with Crippen LogP contribution in [0.5, 0.6) is 0 Å². The summed E-state index contributed by atoms with van der Waals surface area (Å²) in [5, 5.41) is 7.75. The zero-order valence-corrected chi connectivity index (χ0v) is 15.3. The summed E-state index contributed by atoms with van der Waals surface area (Å²) >= 11 is 0. The molecule has 0 aliphatic carbocycles. The van der Waals surface area contributed by atoms with E-state index in [1.807, 2.05) is 37.3 Å². The lowest BCUT2D eigenvalue weighted by molar-refractivity contribution is 0.531. The molecule has 2 heterocycles. The van der Waals surface area contributed by atoms with E-state index in [1.54, 1.807) is 20.8 Å². The summed E-state index contributed by atoms with van der Waals surface area (Å²) in [6, 6.07) is 9.07. The number of H-pyrrole nitrogens is 1. The molecule has 0 amide bonds. The molecule has 2 N–H and O–H groups in total. The van der Waals surface area contributed by atoms with Crippen LogP contribution >= 0.6 is 0 Å². The van der Waals surface area contributed by atoms with Crippen LogP contribution in [0, 0.1) is 20.8 Å². The van der Waals surface area contributed by atoms with E-state index in [0.29, 0.717) is 22.8 Å². The lowest BCUT2D eigenvalue weighted by atomic mass is 10.1. The largest absolute Gasteiger partial charge is 0.420 e. The molecule has 0 saturated heterocycles. The second kappa shape index (κ2) is 6.45. The molecule has 0 radical (unpaired) electrons.